The van der Waals surface area contributed by atoms with Crippen molar-refractivity contribution in [3.8, 4) is 0 Å². The Labute approximate surface area is 176 Å². The molecule has 1 saturated heterocycles. The summed E-state index contributed by atoms with van der Waals surface area (Å²) in [5.74, 6) is 0.917. The summed E-state index contributed by atoms with van der Waals surface area (Å²) in [5, 5.41) is 0. The Morgan fingerprint density at radius 1 is 1.10 bits per heavy atom. The number of nitrogens with zero attached hydrogens (tertiary/aromatic N) is 4. The Morgan fingerprint density at radius 2 is 1.87 bits per heavy atom. The van der Waals surface area contributed by atoms with Gasteiger partial charge in [-0.05, 0) is 44.6 Å². The molecule has 0 aliphatic carbocycles. The van der Waals surface area contributed by atoms with Crippen molar-refractivity contribution in [2.75, 3.05) is 6.54 Å². The van der Waals surface area contributed by atoms with E-state index in [0.717, 1.165) is 38.3 Å². The predicted molar refractivity (Wildman–Crippen MR) is 118 cm³/mol. The first-order valence-electron chi connectivity index (χ1n) is 11.0. The second-order valence-electron chi connectivity index (χ2n) is 8.63. The van der Waals surface area contributed by atoms with Crippen LogP contribution in [0.5, 0.6) is 0 Å². The van der Waals surface area contributed by atoms with Crippen LogP contribution in [0.15, 0.2) is 39.9 Å². The number of piperidine rings is 1. The minimum Gasteiger partial charge on any atom is -0.326 e. The summed E-state index contributed by atoms with van der Waals surface area (Å²) < 4.78 is 4.77. The highest BCUT2D eigenvalue weighted by molar-refractivity contribution is 5.71. The van der Waals surface area contributed by atoms with Gasteiger partial charge in [0.25, 0.3) is 5.56 Å². The van der Waals surface area contributed by atoms with Gasteiger partial charge in [0.2, 0.25) is 0 Å². The van der Waals surface area contributed by atoms with Crippen LogP contribution in [0.3, 0.4) is 0 Å². The zero-order valence-electron chi connectivity index (χ0n) is 18.2. The standard InChI is InChI=1S/C23H31N5O2/c1-17-10-7-8-14-27(17)16-19-24-21-20(22(29)26(3)23(30)25(21)2)28(19)15-9-13-18-11-5-4-6-12-18/h4-6,11-12,17H,7-10,13-16H2,1-3H3/p+1/t17-/m1/s1. The second kappa shape index (κ2) is 8.60. The molecule has 3 heterocycles. The summed E-state index contributed by atoms with van der Waals surface area (Å²) in [5.41, 5.74) is 1.76. The molecule has 3 aromatic rings. The summed E-state index contributed by atoms with van der Waals surface area (Å²) in [4.78, 5) is 31.8. The Balaban J connectivity index is 1.72. The summed E-state index contributed by atoms with van der Waals surface area (Å²) >= 11 is 0. The number of hydrogen-bond donors (Lipinski definition) is 1. The van der Waals surface area contributed by atoms with E-state index in [1.54, 1.807) is 14.1 Å². The number of rotatable bonds is 6. The van der Waals surface area contributed by atoms with Crippen LogP contribution in [0.25, 0.3) is 11.2 Å². The monoisotopic (exact) mass is 410 g/mol. The fraction of sp³-hybridized carbons (Fsp3) is 0.522. The number of fused-ring (bicyclic) bond motifs is 1. The van der Waals surface area contributed by atoms with Crippen LogP contribution in [0, 0.1) is 0 Å². The lowest BCUT2D eigenvalue weighted by Crippen LogP contribution is -3.15. The van der Waals surface area contributed by atoms with Gasteiger partial charge in [-0.15, -0.1) is 0 Å². The number of imidazole rings is 1. The van der Waals surface area contributed by atoms with Crippen LogP contribution in [0.4, 0.5) is 0 Å². The molecule has 1 aromatic carbocycles. The van der Waals surface area contributed by atoms with Crippen LogP contribution in [-0.2, 0) is 33.6 Å². The molecule has 4 rings (SSSR count). The zero-order valence-corrected chi connectivity index (χ0v) is 18.2. The number of benzene rings is 1. The third kappa shape index (κ3) is 3.86. The Kier molecular flexibility index (Phi) is 5.90. The van der Waals surface area contributed by atoms with Crippen molar-refractivity contribution in [2.45, 2.75) is 58.2 Å². The third-order valence-electron chi connectivity index (χ3n) is 6.58. The molecule has 2 atom stereocenters. The number of quaternary nitrogens is 1. The molecule has 1 N–H and O–H groups in total. The topological polar surface area (TPSA) is 66.3 Å². The van der Waals surface area contributed by atoms with Crippen molar-refractivity contribution in [1.82, 2.24) is 18.7 Å². The number of hydrogen-bond acceptors (Lipinski definition) is 3. The van der Waals surface area contributed by atoms with Gasteiger partial charge < -0.3 is 9.47 Å². The average Bonchev–Trinajstić information content (AvgIpc) is 3.11. The van der Waals surface area contributed by atoms with E-state index in [1.807, 2.05) is 6.07 Å². The van der Waals surface area contributed by atoms with Gasteiger partial charge in [0.15, 0.2) is 17.0 Å². The van der Waals surface area contributed by atoms with Gasteiger partial charge in [0.1, 0.15) is 6.54 Å². The van der Waals surface area contributed by atoms with Gasteiger partial charge in [-0.2, -0.15) is 0 Å². The Hall–Kier alpha value is -2.67. The van der Waals surface area contributed by atoms with Gasteiger partial charge in [-0.25, -0.2) is 9.78 Å². The SMILES string of the molecule is C[C@@H]1CCCC[NH+]1Cc1nc2c(c(=O)n(C)c(=O)n2C)n1CCCc1ccccc1. The van der Waals surface area contributed by atoms with E-state index < -0.39 is 0 Å². The van der Waals surface area contributed by atoms with Crippen molar-refractivity contribution in [1.29, 1.82) is 0 Å². The Morgan fingerprint density at radius 3 is 2.60 bits per heavy atom. The molecule has 1 fully saturated rings. The Bertz CT molecular complexity index is 1140. The molecule has 30 heavy (non-hydrogen) atoms. The quantitative estimate of drug-likeness (QED) is 0.660. The maximum absolute atomic E-state index is 13.0. The highest BCUT2D eigenvalue weighted by Gasteiger charge is 2.26. The van der Waals surface area contributed by atoms with Crippen LogP contribution in [0.1, 0.15) is 44.0 Å². The molecule has 0 radical (unpaired) electrons. The average molecular weight is 411 g/mol. The third-order valence-corrected chi connectivity index (χ3v) is 6.58. The number of aromatic nitrogens is 4. The largest absolute Gasteiger partial charge is 0.332 e. The first-order chi connectivity index (χ1) is 14.5. The van der Waals surface area contributed by atoms with Crippen LogP contribution >= 0.6 is 0 Å². The molecule has 7 heteroatoms. The lowest BCUT2D eigenvalue weighted by Gasteiger charge is -2.30. The van der Waals surface area contributed by atoms with E-state index in [4.69, 9.17) is 4.98 Å². The molecule has 0 amide bonds. The summed E-state index contributed by atoms with van der Waals surface area (Å²) in [6.07, 6.45) is 5.60. The number of likely N-dealkylation sites (tertiary alicyclic amines) is 1. The van der Waals surface area contributed by atoms with E-state index in [9.17, 15) is 9.59 Å². The molecule has 1 unspecified atom stereocenters. The smallest absolute Gasteiger partial charge is 0.326 e. The van der Waals surface area contributed by atoms with Crippen molar-refractivity contribution < 1.29 is 4.90 Å². The van der Waals surface area contributed by atoms with Crippen LogP contribution in [0.2, 0.25) is 0 Å². The first-order valence-corrected chi connectivity index (χ1v) is 11.0. The van der Waals surface area contributed by atoms with Crippen molar-refractivity contribution in [3.63, 3.8) is 0 Å². The van der Waals surface area contributed by atoms with E-state index in [2.05, 4.69) is 35.8 Å². The van der Waals surface area contributed by atoms with Crippen LogP contribution < -0.4 is 16.1 Å². The maximum atomic E-state index is 13.0. The fourth-order valence-corrected chi connectivity index (χ4v) is 4.67. The molecule has 1 aliphatic rings. The molecule has 160 valence electrons. The first kappa shape index (κ1) is 20.6. The molecular weight excluding hydrogens is 378 g/mol. The minimum absolute atomic E-state index is 0.256. The van der Waals surface area contributed by atoms with Crippen molar-refractivity contribution in [3.05, 3.63) is 62.6 Å². The van der Waals surface area contributed by atoms with Gasteiger partial charge in [-0.1, -0.05) is 30.3 Å². The lowest BCUT2D eigenvalue weighted by atomic mass is 10.0. The normalized spacial score (nSPS) is 19.4. The lowest BCUT2D eigenvalue weighted by molar-refractivity contribution is -0.942. The van der Waals surface area contributed by atoms with Gasteiger partial charge in [0.05, 0.1) is 12.6 Å². The molecule has 1 aliphatic heterocycles. The van der Waals surface area contributed by atoms with E-state index in [1.165, 1.54) is 38.9 Å². The molecule has 7 nitrogen and oxygen atoms in total. The highest BCUT2D eigenvalue weighted by atomic mass is 16.2. The van der Waals surface area contributed by atoms with Crippen molar-refractivity contribution >= 4 is 11.2 Å². The minimum atomic E-state index is -0.327. The van der Waals surface area contributed by atoms with Gasteiger partial charge in [0, 0.05) is 20.6 Å². The van der Waals surface area contributed by atoms with E-state index in [0.29, 0.717) is 17.2 Å². The van der Waals surface area contributed by atoms with E-state index >= 15 is 0 Å². The summed E-state index contributed by atoms with van der Waals surface area (Å²) in [6.45, 7) is 4.94. The van der Waals surface area contributed by atoms with Gasteiger partial charge >= 0.3 is 5.69 Å². The molecule has 2 aromatic heterocycles. The molecule has 0 saturated carbocycles. The van der Waals surface area contributed by atoms with Crippen LogP contribution in [-0.4, -0.2) is 31.3 Å². The zero-order chi connectivity index (χ0) is 21.3. The summed E-state index contributed by atoms with van der Waals surface area (Å²) in [7, 11) is 3.24. The number of aryl methyl sites for hydroxylation is 3. The fourth-order valence-electron chi connectivity index (χ4n) is 4.67. The second-order valence-corrected chi connectivity index (χ2v) is 8.63. The maximum Gasteiger partial charge on any atom is 0.332 e. The molecular formula is C23H32N5O2+. The van der Waals surface area contributed by atoms with Crippen molar-refractivity contribution in [2.24, 2.45) is 14.1 Å². The van der Waals surface area contributed by atoms with E-state index in [-0.39, 0.29) is 11.2 Å². The molecule has 0 bridgehead atoms. The van der Waals surface area contributed by atoms with Gasteiger partial charge in [-0.3, -0.25) is 13.9 Å². The number of nitrogens with one attached hydrogen (secondary N) is 1. The molecule has 0 spiro atoms. The highest BCUT2D eigenvalue weighted by Crippen LogP contribution is 2.14. The predicted octanol–water partition coefficient (Wildman–Crippen LogP) is 1.02. The summed E-state index contributed by atoms with van der Waals surface area (Å²) in [6, 6.07) is 11.0.